The number of hydrogen-bond acceptors (Lipinski definition) is 4. The average Bonchev–Trinajstić information content (AvgIpc) is 2.73. The normalized spacial score (nSPS) is 10.2. The average molecular weight is 235 g/mol. The number of amides is 1. The fraction of sp³-hybridized carbons (Fsp3) is 0.182. The molecular weight excluding hydrogens is 225 g/mol. The number of carbonyl (C=O) groups is 1. The third-order valence-corrected chi connectivity index (χ3v) is 2.11. The molecule has 17 heavy (non-hydrogen) atoms. The molecule has 0 aliphatic heterocycles. The Kier molecular flexibility index (Phi) is 3.13. The van der Waals surface area contributed by atoms with E-state index in [-0.39, 0.29) is 12.1 Å². The maximum absolute atomic E-state index is 13.2. The molecular formula is C11H10FN3O2. The van der Waals surface area contributed by atoms with Crippen molar-refractivity contribution in [3.8, 4) is 0 Å². The summed E-state index contributed by atoms with van der Waals surface area (Å²) in [4.78, 5) is 15.0. The van der Waals surface area contributed by atoms with Crippen LogP contribution in [-0.2, 0) is 6.54 Å². The first-order chi connectivity index (χ1) is 8.16. The second-order valence-electron chi connectivity index (χ2n) is 3.45. The number of nitrogens with one attached hydrogen (secondary N) is 1. The van der Waals surface area contributed by atoms with Gasteiger partial charge >= 0.3 is 0 Å². The van der Waals surface area contributed by atoms with Gasteiger partial charge in [0.1, 0.15) is 11.5 Å². The summed E-state index contributed by atoms with van der Waals surface area (Å²) in [5, 5.41) is 6.23. The lowest BCUT2D eigenvalue weighted by Gasteiger charge is -2.02. The minimum atomic E-state index is -0.790. The van der Waals surface area contributed by atoms with E-state index < -0.39 is 11.9 Å². The van der Waals surface area contributed by atoms with E-state index in [9.17, 15) is 9.18 Å². The molecule has 2 rings (SSSR count). The van der Waals surface area contributed by atoms with Crippen LogP contribution in [0.4, 0.5) is 4.39 Å². The number of carbonyl (C=O) groups excluding carboxylic acids is 1. The standard InChI is InChI=1S/C11H10FN3O2/c1-7-5-8(15-17-7)6-14-11(16)9-3-2-4-13-10(9)12/h2-5H,6H2,1H3,(H,14,16). The van der Waals surface area contributed by atoms with Gasteiger partial charge in [0.25, 0.3) is 5.91 Å². The Morgan fingerprint density at radius 3 is 3.06 bits per heavy atom. The lowest BCUT2D eigenvalue weighted by atomic mass is 10.2. The van der Waals surface area contributed by atoms with E-state index in [0.717, 1.165) is 0 Å². The summed E-state index contributed by atoms with van der Waals surface area (Å²) in [5.74, 6) is -0.667. The fourth-order valence-electron chi connectivity index (χ4n) is 1.32. The van der Waals surface area contributed by atoms with Gasteiger partial charge in [-0.2, -0.15) is 4.39 Å². The molecule has 0 aromatic carbocycles. The van der Waals surface area contributed by atoms with Gasteiger partial charge in [0, 0.05) is 12.3 Å². The number of halogens is 1. The molecule has 0 unspecified atom stereocenters. The molecule has 2 heterocycles. The summed E-state index contributed by atoms with van der Waals surface area (Å²) >= 11 is 0. The van der Waals surface area contributed by atoms with Crippen LogP contribution < -0.4 is 5.32 Å². The van der Waals surface area contributed by atoms with Gasteiger partial charge in [-0.3, -0.25) is 4.79 Å². The van der Waals surface area contributed by atoms with Gasteiger partial charge in [-0.15, -0.1) is 0 Å². The van der Waals surface area contributed by atoms with Crippen molar-refractivity contribution < 1.29 is 13.7 Å². The molecule has 0 aliphatic rings. The molecule has 0 atom stereocenters. The third kappa shape index (κ3) is 2.66. The first-order valence-corrected chi connectivity index (χ1v) is 4.98. The monoisotopic (exact) mass is 235 g/mol. The van der Waals surface area contributed by atoms with E-state index in [2.05, 4.69) is 15.5 Å². The van der Waals surface area contributed by atoms with Crippen LogP contribution in [0.2, 0.25) is 0 Å². The van der Waals surface area contributed by atoms with Crippen molar-refractivity contribution in [2.45, 2.75) is 13.5 Å². The lowest BCUT2D eigenvalue weighted by molar-refractivity contribution is 0.0945. The number of aryl methyl sites for hydroxylation is 1. The molecule has 2 aromatic rings. The molecule has 1 N–H and O–H groups in total. The molecule has 0 fully saturated rings. The second-order valence-corrected chi connectivity index (χ2v) is 3.45. The Morgan fingerprint density at radius 1 is 1.59 bits per heavy atom. The highest BCUT2D eigenvalue weighted by Crippen LogP contribution is 2.04. The predicted molar refractivity (Wildman–Crippen MR) is 56.6 cm³/mol. The molecule has 0 saturated heterocycles. The molecule has 5 nitrogen and oxygen atoms in total. The van der Waals surface area contributed by atoms with Gasteiger partial charge < -0.3 is 9.84 Å². The zero-order valence-electron chi connectivity index (χ0n) is 9.11. The molecule has 0 aliphatic carbocycles. The van der Waals surface area contributed by atoms with E-state index in [1.165, 1.54) is 18.3 Å². The third-order valence-electron chi connectivity index (χ3n) is 2.11. The minimum Gasteiger partial charge on any atom is -0.361 e. The zero-order chi connectivity index (χ0) is 12.3. The number of nitrogens with zero attached hydrogens (tertiary/aromatic N) is 2. The summed E-state index contributed by atoms with van der Waals surface area (Å²) in [6.07, 6.45) is 1.28. The van der Waals surface area contributed by atoms with Gasteiger partial charge in [-0.1, -0.05) is 5.16 Å². The quantitative estimate of drug-likeness (QED) is 0.817. The zero-order valence-corrected chi connectivity index (χ0v) is 9.11. The molecule has 0 spiro atoms. The first-order valence-electron chi connectivity index (χ1n) is 4.98. The van der Waals surface area contributed by atoms with Crippen LogP contribution in [0.15, 0.2) is 28.9 Å². The topological polar surface area (TPSA) is 68.0 Å². The molecule has 0 saturated carbocycles. The molecule has 6 heteroatoms. The van der Waals surface area contributed by atoms with Crippen LogP contribution >= 0.6 is 0 Å². The van der Waals surface area contributed by atoms with E-state index >= 15 is 0 Å². The molecule has 88 valence electrons. The van der Waals surface area contributed by atoms with Gasteiger partial charge in [0.05, 0.1) is 12.1 Å². The summed E-state index contributed by atoms with van der Waals surface area (Å²) in [6.45, 7) is 1.93. The van der Waals surface area contributed by atoms with E-state index in [1.54, 1.807) is 13.0 Å². The van der Waals surface area contributed by atoms with Gasteiger partial charge in [0.2, 0.25) is 5.95 Å². The van der Waals surface area contributed by atoms with Crippen LogP contribution in [0.3, 0.4) is 0 Å². The van der Waals surface area contributed by atoms with Crippen molar-refractivity contribution >= 4 is 5.91 Å². The van der Waals surface area contributed by atoms with Crippen LogP contribution in [0.1, 0.15) is 21.8 Å². The van der Waals surface area contributed by atoms with Crippen molar-refractivity contribution in [2.75, 3.05) is 0 Å². The Morgan fingerprint density at radius 2 is 2.41 bits per heavy atom. The first kappa shape index (κ1) is 11.3. The Labute approximate surface area is 96.6 Å². The lowest BCUT2D eigenvalue weighted by Crippen LogP contribution is -2.24. The maximum atomic E-state index is 13.2. The highest BCUT2D eigenvalue weighted by atomic mass is 19.1. The Hall–Kier alpha value is -2.24. The highest BCUT2D eigenvalue weighted by molar-refractivity contribution is 5.93. The van der Waals surface area contributed by atoms with Crippen molar-refractivity contribution in [3.05, 3.63) is 47.4 Å². The summed E-state index contributed by atoms with van der Waals surface area (Å²) in [7, 11) is 0. The fourth-order valence-corrected chi connectivity index (χ4v) is 1.32. The smallest absolute Gasteiger partial charge is 0.256 e. The Bertz CT molecular complexity index is 539. The van der Waals surface area contributed by atoms with Gasteiger partial charge in [0.15, 0.2) is 0 Å². The molecule has 1 amide bonds. The summed E-state index contributed by atoms with van der Waals surface area (Å²) in [6, 6.07) is 4.56. The predicted octanol–water partition coefficient (Wildman–Crippen LogP) is 1.45. The number of hydrogen-bond donors (Lipinski definition) is 1. The Balaban J connectivity index is 2.01. The van der Waals surface area contributed by atoms with E-state index in [0.29, 0.717) is 11.5 Å². The van der Waals surface area contributed by atoms with Crippen molar-refractivity contribution in [2.24, 2.45) is 0 Å². The highest BCUT2D eigenvalue weighted by Gasteiger charge is 2.12. The van der Waals surface area contributed by atoms with Crippen molar-refractivity contribution in [1.29, 1.82) is 0 Å². The molecule has 2 aromatic heterocycles. The van der Waals surface area contributed by atoms with E-state index in [1.807, 2.05) is 0 Å². The van der Waals surface area contributed by atoms with Gasteiger partial charge in [-0.05, 0) is 19.1 Å². The number of aromatic nitrogens is 2. The molecule has 0 bridgehead atoms. The maximum Gasteiger partial charge on any atom is 0.256 e. The van der Waals surface area contributed by atoms with E-state index in [4.69, 9.17) is 4.52 Å². The van der Waals surface area contributed by atoms with Crippen molar-refractivity contribution in [3.63, 3.8) is 0 Å². The largest absolute Gasteiger partial charge is 0.361 e. The summed E-state index contributed by atoms with van der Waals surface area (Å²) < 4.78 is 18.0. The van der Waals surface area contributed by atoms with Crippen LogP contribution in [0.25, 0.3) is 0 Å². The number of pyridine rings is 1. The molecule has 0 radical (unpaired) electrons. The van der Waals surface area contributed by atoms with Crippen molar-refractivity contribution in [1.82, 2.24) is 15.5 Å². The SMILES string of the molecule is Cc1cc(CNC(=O)c2cccnc2F)no1. The van der Waals surface area contributed by atoms with Gasteiger partial charge in [-0.25, -0.2) is 4.98 Å². The van der Waals surface area contributed by atoms with Crippen LogP contribution in [0.5, 0.6) is 0 Å². The van der Waals surface area contributed by atoms with Crippen LogP contribution in [0, 0.1) is 12.9 Å². The minimum absolute atomic E-state index is 0.0901. The summed E-state index contributed by atoms with van der Waals surface area (Å²) in [5.41, 5.74) is 0.493. The number of rotatable bonds is 3. The second kappa shape index (κ2) is 4.73. The van der Waals surface area contributed by atoms with Crippen LogP contribution in [-0.4, -0.2) is 16.0 Å².